The fourth-order valence-corrected chi connectivity index (χ4v) is 3.07. The van der Waals surface area contributed by atoms with Gasteiger partial charge in [-0.1, -0.05) is 32.4 Å². The lowest BCUT2D eigenvalue weighted by atomic mass is 10.00. The van der Waals surface area contributed by atoms with Crippen molar-refractivity contribution in [3.63, 3.8) is 0 Å². The van der Waals surface area contributed by atoms with E-state index in [0.717, 1.165) is 24.8 Å². The van der Waals surface area contributed by atoms with Crippen LogP contribution in [0.15, 0.2) is 42.6 Å². The lowest BCUT2D eigenvalue weighted by Crippen LogP contribution is -2.61. The standard InChI is InChI=1S/C21H25N3O3/c1-4-6-13-24-18-17(11-8-12-22-18)27-21(3,20(24)26)19(25)23-16-10-7-9-15(5-2)14-16/h7-12,14H,4-6,13H2,1-3H3,(H,23,25)/t21-/m0/s1. The Bertz CT molecular complexity index is 852. The van der Waals surface area contributed by atoms with Crippen molar-refractivity contribution in [2.75, 3.05) is 16.8 Å². The van der Waals surface area contributed by atoms with E-state index in [1.54, 1.807) is 29.3 Å². The highest BCUT2D eigenvalue weighted by atomic mass is 16.5. The topological polar surface area (TPSA) is 71.5 Å². The second kappa shape index (κ2) is 7.78. The van der Waals surface area contributed by atoms with E-state index in [0.29, 0.717) is 23.8 Å². The van der Waals surface area contributed by atoms with Gasteiger partial charge in [0.2, 0.25) is 0 Å². The number of pyridine rings is 1. The third kappa shape index (κ3) is 3.65. The lowest BCUT2D eigenvalue weighted by Gasteiger charge is -2.38. The average Bonchev–Trinajstić information content (AvgIpc) is 2.68. The van der Waals surface area contributed by atoms with Crippen LogP contribution in [-0.2, 0) is 16.0 Å². The number of benzene rings is 1. The molecule has 0 saturated heterocycles. The summed E-state index contributed by atoms with van der Waals surface area (Å²) in [7, 11) is 0. The van der Waals surface area contributed by atoms with Crippen LogP contribution in [0.1, 0.15) is 39.2 Å². The molecule has 2 aromatic rings. The van der Waals surface area contributed by atoms with Gasteiger partial charge in [-0.3, -0.25) is 14.5 Å². The molecule has 6 nitrogen and oxygen atoms in total. The van der Waals surface area contributed by atoms with Gasteiger partial charge >= 0.3 is 0 Å². The molecule has 1 aromatic heterocycles. The molecule has 0 spiro atoms. The molecule has 0 fully saturated rings. The van der Waals surface area contributed by atoms with Crippen LogP contribution in [0.3, 0.4) is 0 Å². The van der Waals surface area contributed by atoms with Gasteiger partial charge < -0.3 is 10.1 Å². The van der Waals surface area contributed by atoms with Crippen LogP contribution >= 0.6 is 0 Å². The zero-order valence-electron chi connectivity index (χ0n) is 16.0. The molecule has 0 unspecified atom stereocenters. The second-order valence-electron chi connectivity index (χ2n) is 6.78. The highest BCUT2D eigenvalue weighted by Gasteiger charge is 2.51. The summed E-state index contributed by atoms with van der Waals surface area (Å²) in [6.07, 6.45) is 4.23. The average molecular weight is 367 g/mol. The molecule has 1 N–H and O–H groups in total. The van der Waals surface area contributed by atoms with Crippen molar-refractivity contribution in [2.24, 2.45) is 0 Å². The van der Waals surface area contributed by atoms with Gasteiger partial charge in [0, 0.05) is 18.4 Å². The zero-order chi connectivity index (χ0) is 19.4. The van der Waals surface area contributed by atoms with Gasteiger partial charge in [0.25, 0.3) is 17.4 Å². The maximum Gasteiger partial charge on any atom is 0.282 e. The monoisotopic (exact) mass is 367 g/mol. The van der Waals surface area contributed by atoms with Crippen LogP contribution in [-0.4, -0.2) is 28.9 Å². The van der Waals surface area contributed by atoms with Gasteiger partial charge in [-0.15, -0.1) is 0 Å². The molecule has 2 heterocycles. The Morgan fingerprint density at radius 3 is 2.81 bits per heavy atom. The summed E-state index contributed by atoms with van der Waals surface area (Å²) >= 11 is 0. The highest BCUT2D eigenvalue weighted by molar-refractivity contribution is 6.19. The number of amides is 2. The number of aromatic nitrogens is 1. The van der Waals surface area contributed by atoms with Gasteiger partial charge in [-0.25, -0.2) is 4.98 Å². The largest absolute Gasteiger partial charge is 0.464 e. The van der Waals surface area contributed by atoms with E-state index < -0.39 is 17.4 Å². The highest BCUT2D eigenvalue weighted by Crippen LogP contribution is 2.36. The van der Waals surface area contributed by atoms with Crippen molar-refractivity contribution in [3.8, 4) is 5.75 Å². The number of ether oxygens (including phenoxy) is 1. The van der Waals surface area contributed by atoms with Crippen molar-refractivity contribution in [1.82, 2.24) is 4.98 Å². The molecule has 1 atom stereocenters. The molecule has 142 valence electrons. The number of aryl methyl sites for hydroxylation is 1. The van der Waals surface area contributed by atoms with Gasteiger partial charge in [-0.05, 0) is 49.6 Å². The second-order valence-corrected chi connectivity index (χ2v) is 6.78. The Hall–Kier alpha value is -2.89. The molecule has 0 saturated carbocycles. The normalized spacial score (nSPS) is 18.6. The molecule has 2 amide bonds. The minimum Gasteiger partial charge on any atom is -0.464 e. The number of anilines is 2. The third-order valence-corrected chi connectivity index (χ3v) is 4.74. The Balaban J connectivity index is 1.91. The van der Waals surface area contributed by atoms with Gasteiger partial charge in [0.05, 0.1) is 0 Å². The Kier molecular flexibility index (Phi) is 5.44. The molecule has 0 aliphatic carbocycles. The number of rotatable bonds is 6. The number of carbonyl (C=O) groups excluding carboxylic acids is 2. The van der Waals surface area contributed by atoms with E-state index in [2.05, 4.69) is 17.2 Å². The number of nitrogens with one attached hydrogen (secondary N) is 1. The van der Waals surface area contributed by atoms with E-state index >= 15 is 0 Å². The summed E-state index contributed by atoms with van der Waals surface area (Å²) in [5.41, 5.74) is 0.105. The fraction of sp³-hybridized carbons (Fsp3) is 0.381. The maximum absolute atomic E-state index is 13.2. The maximum atomic E-state index is 13.2. The van der Waals surface area contributed by atoms with Crippen molar-refractivity contribution >= 4 is 23.3 Å². The molecule has 1 aromatic carbocycles. The predicted molar refractivity (Wildman–Crippen MR) is 105 cm³/mol. The summed E-state index contributed by atoms with van der Waals surface area (Å²) in [4.78, 5) is 32.0. The molecule has 6 heteroatoms. The Morgan fingerprint density at radius 1 is 1.26 bits per heavy atom. The zero-order valence-corrected chi connectivity index (χ0v) is 16.0. The SMILES string of the molecule is CCCCN1C(=O)[C@](C)(C(=O)Nc2cccc(CC)c2)Oc2cccnc21. The summed E-state index contributed by atoms with van der Waals surface area (Å²) in [5.74, 6) is 0.0189. The Morgan fingerprint density at radius 2 is 2.07 bits per heavy atom. The molecule has 1 aliphatic heterocycles. The molecule has 1 aliphatic rings. The number of unbranched alkanes of at least 4 members (excludes halogenated alkanes) is 1. The summed E-state index contributed by atoms with van der Waals surface area (Å²) in [6, 6.07) is 11.0. The van der Waals surface area contributed by atoms with Gasteiger partial charge in [0.1, 0.15) is 0 Å². The van der Waals surface area contributed by atoms with Crippen molar-refractivity contribution in [1.29, 1.82) is 0 Å². The minimum atomic E-state index is -1.65. The molecular weight excluding hydrogens is 342 g/mol. The molecular formula is C21H25N3O3. The van der Waals surface area contributed by atoms with E-state index in [9.17, 15) is 9.59 Å². The van der Waals surface area contributed by atoms with E-state index in [4.69, 9.17) is 4.74 Å². The van der Waals surface area contributed by atoms with Crippen molar-refractivity contribution in [3.05, 3.63) is 48.2 Å². The first-order chi connectivity index (χ1) is 13.0. The van der Waals surface area contributed by atoms with E-state index in [1.807, 2.05) is 25.1 Å². The first kappa shape index (κ1) is 18.9. The first-order valence-corrected chi connectivity index (χ1v) is 9.36. The third-order valence-electron chi connectivity index (χ3n) is 4.74. The molecule has 0 bridgehead atoms. The van der Waals surface area contributed by atoms with E-state index in [1.165, 1.54) is 6.92 Å². The smallest absolute Gasteiger partial charge is 0.282 e. The minimum absolute atomic E-state index is 0.397. The number of hydrogen-bond acceptors (Lipinski definition) is 4. The summed E-state index contributed by atoms with van der Waals surface area (Å²) < 4.78 is 5.87. The number of hydrogen-bond donors (Lipinski definition) is 1. The fourth-order valence-electron chi connectivity index (χ4n) is 3.07. The number of nitrogens with zero attached hydrogens (tertiary/aromatic N) is 2. The number of carbonyl (C=O) groups is 2. The van der Waals surface area contributed by atoms with Crippen LogP contribution in [0.2, 0.25) is 0 Å². The van der Waals surface area contributed by atoms with Gasteiger partial charge in [-0.2, -0.15) is 0 Å². The van der Waals surface area contributed by atoms with E-state index in [-0.39, 0.29) is 0 Å². The predicted octanol–water partition coefficient (Wildman–Crippen LogP) is 3.57. The molecule has 27 heavy (non-hydrogen) atoms. The van der Waals surface area contributed by atoms with Crippen molar-refractivity contribution in [2.45, 2.75) is 45.6 Å². The van der Waals surface area contributed by atoms with Crippen LogP contribution in [0.5, 0.6) is 5.75 Å². The lowest BCUT2D eigenvalue weighted by molar-refractivity contribution is -0.145. The summed E-state index contributed by atoms with van der Waals surface area (Å²) in [5, 5.41) is 2.83. The van der Waals surface area contributed by atoms with Crippen LogP contribution in [0.25, 0.3) is 0 Å². The van der Waals surface area contributed by atoms with Crippen LogP contribution < -0.4 is 15.0 Å². The summed E-state index contributed by atoms with van der Waals surface area (Å²) in [6.45, 7) is 6.11. The van der Waals surface area contributed by atoms with Crippen LogP contribution in [0, 0.1) is 0 Å². The van der Waals surface area contributed by atoms with Gasteiger partial charge in [0.15, 0.2) is 11.6 Å². The molecule has 3 rings (SSSR count). The number of fused-ring (bicyclic) bond motifs is 1. The first-order valence-electron chi connectivity index (χ1n) is 9.36. The quantitative estimate of drug-likeness (QED) is 0.793. The van der Waals surface area contributed by atoms with Crippen LogP contribution in [0.4, 0.5) is 11.5 Å². The van der Waals surface area contributed by atoms with Crippen molar-refractivity contribution < 1.29 is 14.3 Å². The molecule has 0 radical (unpaired) electrons. The Labute approximate surface area is 159 Å².